The van der Waals surface area contributed by atoms with Gasteiger partial charge in [0.15, 0.2) is 0 Å². The fourth-order valence-corrected chi connectivity index (χ4v) is 2.68. The maximum absolute atomic E-state index is 3.22. The van der Waals surface area contributed by atoms with Crippen molar-refractivity contribution >= 4 is 12.2 Å². The molecule has 27 heavy (non-hydrogen) atoms. The number of aryl methyl sites for hydroxylation is 1. The molecule has 0 aliphatic carbocycles. The molecule has 0 bridgehead atoms. The van der Waals surface area contributed by atoms with E-state index < -0.39 is 0 Å². The van der Waals surface area contributed by atoms with Gasteiger partial charge in [-0.3, -0.25) is 4.90 Å². The zero-order chi connectivity index (χ0) is 19.7. The highest BCUT2D eigenvalue weighted by molar-refractivity contribution is 5.71. The number of nitrogens with zero attached hydrogens (tertiary/aromatic N) is 1. The van der Waals surface area contributed by atoms with Gasteiger partial charge in [0.05, 0.1) is 0 Å². The lowest BCUT2D eigenvalue weighted by Gasteiger charge is -2.14. The average molecular weight is 358 g/mol. The Kier molecular flexibility index (Phi) is 7.65. The van der Waals surface area contributed by atoms with E-state index in [1.807, 2.05) is 6.08 Å². The first kappa shape index (κ1) is 20.7. The third-order valence-corrected chi connectivity index (χ3v) is 4.11. The molecule has 2 aromatic rings. The summed E-state index contributed by atoms with van der Waals surface area (Å²) in [6, 6.07) is 17.2. The molecule has 140 valence electrons. The van der Waals surface area contributed by atoms with Gasteiger partial charge < -0.3 is 0 Å². The third kappa shape index (κ3) is 8.11. The molecular weight excluding hydrogens is 326 g/mol. The molecule has 0 unspecified atom stereocenters. The first-order valence-electron chi connectivity index (χ1n) is 9.52. The predicted molar refractivity (Wildman–Crippen MR) is 119 cm³/mol. The van der Waals surface area contributed by atoms with Gasteiger partial charge in [-0.15, -0.1) is 0 Å². The first-order valence-corrected chi connectivity index (χ1v) is 9.52. The molecule has 0 radical (unpaired) electrons. The molecule has 0 aliphatic rings. The Balaban J connectivity index is 1.94. The summed E-state index contributed by atoms with van der Waals surface area (Å²) in [5.74, 6) is 6.35. The summed E-state index contributed by atoms with van der Waals surface area (Å²) >= 11 is 0. The first-order chi connectivity index (χ1) is 12.8. The summed E-state index contributed by atoms with van der Waals surface area (Å²) in [5, 5.41) is 0. The predicted octanol–water partition coefficient (Wildman–Crippen LogP) is 6.20. The van der Waals surface area contributed by atoms with E-state index in [1.165, 1.54) is 22.3 Å². The average Bonchev–Trinajstić information content (AvgIpc) is 2.60. The van der Waals surface area contributed by atoms with Crippen LogP contribution in [0.2, 0.25) is 0 Å². The van der Waals surface area contributed by atoms with Crippen LogP contribution < -0.4 is 0 Å². The number of rotatable bonds is 6. The van der Waals surface area contributed by atoms with Crippen molar-refractivity contribution in [2.24, 2.45) is 5.41 Å². The second-order valence-electron chi connectivity index (χ2n) is 8.05. The van der Waals surface area contributed by atoms with E-state index in [9.17, 15) is 0 Å². The molecule has 1 heteroatoms. The van der Waals surface area contributed by atoms with Gasteiger partial charge in [0.25, 0.3) is 0 Å². The van der Waals surface area contributed by atoms with E-state index >= 15 is 0 Å². The third-order valence-electron chi connectivity index (χ3n) is 4.11. The van der Waals surface area contributed by atoms with Crippen LogP contribution in [0.5, 0.6) is 0 Å². The minimum absolute atomic E-state index is 0.0580. The van der Waals surface area contributed by atoms with Crippen LogP contribution in [-0.4, -0.2) is 18.5 Å². The van der Waals surface area contributed by atoms with Crippen LogP contribution in [0.3, 0.4) is 0 Å². The van der Waals surface area contributed by atoms with E-state index in [1.54, 1.807) is 0 Å². The van der Waals surface area contributed by atoms with Crippen LogP contribution in [-0.2, 0) is 6.54 Å². The number of likely N-dealkylation sites (N-methyl/N-ethyl adjacent to an activating group) is 1. The number of benzene rings is 2. The highest BCUT2D eigenvalue weighted by atomic mass is 15.1. The fraction of sp³-hybridized carbons (Fsp3) is 0.308. The second-order valence-corrected chi connectivity index (χ2v) is 8.05. The zero-order valence-electron chi connectivity index (χ0n) is 17.3. The lowest BCUT2D eigenvalue weighted by atomic mass is 9.98. The molecule has 0 spiro atoms. The number of allylic oxidation sites excluding steroid dienone is 1. The van der Waals surface area contributed by atoms with Gasteiger partial charge in [0.2, 0.25) is 0 Å². The van der Waals surface area contributed by atoms with Crippen LogP contribution in [0.15, 0.2) is 60.7 Å². The molecule has 0 amide bonds. The largest absolute Gasteiger partial charge is 0.298 e. The highest BCUT2D eigenvalue weighted by Gasteiger charge is 2.02. The fourth-order valence-electron chi connectivity index (χ4n) is 2.68. The van der Waals surface area contributed by atoms with Crippen molar-refractivity contribution in [2.75, 3.05) is 13.6 Å². The highest BCUT2D eigenvalue weighted by Crippen LogP contribution is 2.14. The van der Waals surface area contributed by atoms with Gasteiger partial charge >= 0.3 is 0 Å². The monoisotopic (exact) mass is 357 g/mol. The van der Waals surface area contributed by atoms with Crippen LogP contribution in [0.1, 0.15) is 43.0 Å². The van der Waals surface area contributed by atoms with Gasteiger partial charge in [0, 0.05) is 18.5 Å². The molecule has 1 nitrogen and oxygen atoms in total. The molecule has 2 aromatic carbocycles. The van der Waals surface area contributed by atoms with Gasteiger partial charge in [0.1, 0.15) is 0 Å². The number of hydrogen-bond donors (Lipinski definition) is 0. The summed E-state index contributed by atoms with van der Waals surface area (Å²) in [7, 11) is 2.14. The van der Waals surface area contributed by atoms with Crippen molar-refractivity contribution in [1.29, 1.82) is 0 Å². The van der Waals surface area contributed by atoms with Gasteiger partial charge in [-0.2, -0.15) is 0 Å². The van der Waals surface area contributed by atoms with E-state index in [0.29, 0.717) is 0 Å². The summed E-state index contributed by atoms with van der Waals surface area (Å²) in [6.07, 6.45) is 8.46. The number of hydrogen-bond acceptors (Lipinski definition) is 1. The Hall–Kier alpha value is -2.56. The van der Waals surface area contributed by atoms with Gasteiger partial charge in [-0.1, -0.05) is 78.6 Å². The summed E-state index contributed by atoms with van der Waals surface area (Å²) < 4.78 is 0. The smallest absolute Gasteiger partial charge is 0.0234 e. The van der Waals surface area contributed by atoms with E-state index in [-0.39, 0.29) is 5.41 Å². The Bertz CT molecular complexity index is 854. The van der Waals surface area contributed by atoms with Crippen molar-refractivity contribution in [3.8, 4) is 11.8 Å². The van der Waals surface area contributed by atoms with Crippen LogP contribution >= 0.6 is 0 Å². The molecule has 0 aromatic heterocycles. The minimum atomic E-state index is 0.0580. The molecule has 0 N–H and O–H groups in total. The zero-order valence-corrected chi connectivity index (χ0v) is 17.3. The Labute approximate surface area is 165 Å². The molecule has 0 saturated carbocycles. The lowest BCUT2D eigenvalue weighted by Crippen LogP contribution is -2.17. The summed E-state index contributed by atoms with van der Waals surface area (Å²) in [6.45, 7) is 10.3. The van der Waals surface area contributed by atoms with E-state index in [2.05, 4.69) is 118 Å². The van der Waals surface area contributed by atoms with E-state index in [0.717, 1.165) is 13.1 Å². The molecule has 0 aliphatic heterocycles. The van der Waals surface area contributed by atoms with Crippen molar-refractivity contribution in [3.63, 3.8) is 0 Å². The maximum Gasteiger partial charge on any atom is 0.0234 e. The van der Waals surface area contributed by atoms with Crippen LogP contribution in [0.25, 0.3) is 12.2 Å². The Morgan fingerprint density at radius 1 is 1.00 bits per heavy atom. The van der Waals surface area contributed by atoms with Crippen molar-refractivity contribution in [3.05, 3.63) is 82.9 Å². The molecule has 0 fully saturated rings. The molecule has 2 rings (SSSR count). The minimum Gasteiger partial charge on any atom is -0.298 e. The van der Waals surface area contributed by atoms with Crippen LogP contribution in [0.4, 0.5) is 0 Å². The summed E-state index contributed by atoms with van der Waals surface area (Å²) in [5.41, 5.74) is 5.17. The van der Waals surface area contributed by atoms with Gasteiger partial charge in [-0.25, -0.2) is 0 Å². The topological polar surface area (TPSA) is 3.24 Å². The maximum atomic E-state index is 3.22. The molecule has 0 atom stereocenters. The standard InChI is InChI=1S/C26H31N/c1-22-12-7-8-15-25(22)17-16-23-13-11-14-24(20-23)21-27(5)19-10-6-9-18-26(2,3)4/h6-8,10-17,20H,19,21H2,1-5H3. The Morgan fingerprint density at radius 2 is 1.78 bits per heavy atom. The van der Waals surface area contributed by atoms with Crippen molar-refractivity contribution in [1.82, 2.24) is 4.90 Å². The molecule has 0 heterocycles. The quantitative estimate of drug-likeness (QED) is 0.439. The van der Waals surface area contributed by atoms with Crippen LogP contribution in [0, 0.1) is 24.2 Å². The van der Waals surface area contributed by atoms with Crippen molar-refractivity contribution < 1.29 is 0 Å². The Morgan fingerprint density at radius 3 is 2.52 bits per heavy atom. The van der Waals surface area contributed by atoms with E-state index in [4.69, 9.17) is 0 Å². The molecule has 0 saturated heterocycles. The van der Waals surface area contributed by atoms with Gasteiger partial charge in [-0.05, 0) is 63.1 Å². The SMILES string of the molecule is Cc1ccccc1C=Cc1cccc(CN(C)CC=CC#CC(C)(C)C)c1. The molecular formula is C26H31N. The van der Waals surface area contributed by atoms with Crippen molar-refractivity contribution in [2.45, 2.75) is 34.2 Å². The normalized spacial score (nSPS) is 11.9. The summed E-state index contributed by atoms with van der Waals surface area (Å²) in [4.78, 5) is 2.29. The second kappa shape index (κ2) is 9.95. The lowest BCUT2D eigenvalue weighted by molar-refractivity contribution is 0.363.